The number of anilines is 2. The average molecular weight is 303 g/mol. The van der Waals surface area contributed by atoms with Crippen molar-refractivity contribution in [1.29, 1.82) is 0 Å². The molecule has 0 unspecified atom stereocenters. The fourth-order valence-electron chi connectivity index (χ4n) is 2.71. The largest absolute Gasteiger partial charge is 0.368 e. The molecule has 1 aliphatic heterocycles. The van der Waals surface area contributed by atoms with E-state index < -0.39 is 0 Å². The lowest BCUT2D eigenvalue weighted by molar-refractivity contribution is 0.642. The zero-order chi connectivity index (χ0) is 14.8. The highest BCUT2D eigenvalue weighted by atomic mass is 35.5. The van der Waals surface area contributed by atoms with Crippen LogP contribution in [0, 0.1) is 13.8 Å². The van der Waals surface area contributed by atoms with Crippen molar-refractivity contribution >= 4 is 23.1 Å². The summed E-state index contributed by atoms with van der Waals surface area (Å²) in [5, 5.41) is 8.51. The van der Waals surface area contributed by atoms with Gasteiger partial charge in [-0.3, -0.25) is 0 Å². The molecule has 1 saturated heterocycles. The van der Waals surface area contributed by atoms with Crippen molar-refractivity contribution in [1.82, 2.24) is 10.2 Å². The molecule has 0 atom stereocenters. The standard InChI is InChI=1S/C16H19ClN4/c1-12-3-4-13(2)14(11-12)20-7-9-21(10-8-20)16-6-5-15(17)18-19-16/h3-6,11H,7-10H2,1-2H3. The third kappa shape index (κ3) is 3.10. The summed E-state index contributed by atoms with van der Waals surface area (Å²) in [5.41, 5.74) is 3.98. The van der Waals surface area contributed by atoms with Crippen molar-refractivity contribution in [3.63, 3.8) is 0 Å². The second kappa shape index (κ2) is 5.90. The zero-order valence-corrected chi connectivity index (χ0v) is 13.1. The number of nitrogens with zero attached hydrogens (tertiary/aromatic N) is 4. The molecule has 0 radical (unpaired) electrons. The van der Waals surface area contributed by atoms with E-state index in [9.17, 15) is 0 Å². The number of rotatable bonds is 2. The van der Waals surface area contributed by atoms with Crippen LogP contribution in [0.4, 0.5) is 11.5 Å². The smallest absolute Gasteiger partial charge is 0.151 e. The van der Waals surface area contributed by atoms with Gasteiger partial charge in [0.15, 0.2) is 11.0 Å². The lowest BCUT2D eigenvalue weighted by atomic mass is 10.1. The number of halogens is 1. The van der Waals surface area contributed by atoms with Crippen LogP contribution in [0.25, 0.3) is 0 Å². The molecule has 0 amide bonds. The second-order valence-electron chi connectivity index (χ2n) is 5.48. The summed E-state index contributed by atoms with van der Waals surface area (Å²) >= 11 is 5.79. The molecule has 21 heavy (non-hydrogen) atoms. The van der Waals surface area contributed by atoms with Gasteiger partial charge >= 0.3 is 0 Å². The summed E-state index contributed by atoms with van der Waals surface area (Å²) in [7, 11) is 0. The maximum absolute atomic E-state index is 5.79. The Balaban J connectivity index is 1.70. The summed E-state index contributed by atoms with van der Waals surface area (Å²) in [6.45, 7) is 8.20. The minimum Gasteiger partial charge on any atom is -0.368 e. The van der Waals surface area contributed by atoms with Crippen LogP contribution in [0.3, 0.4) is 0 Å². The number of benzene rings is 1. The molecule has 0 bridgehead atoms. The first kappa shape index (κ1) is 14.1. The van der Waals surface area contributed by atoms with E-state index in [1.54, 1.807) is 6.07 Å². The van der Waals surface area contributed by atoms with Crippen LogP contribution in [-0.4, -0.2) is 36.4 Å². The van der Waals surface area contributed by atoms with Crippen molar-refractivity contribution in [2.24, 2.45) is 0 Å². The van der Waals surface area contributed by atoms with Gasteiger partial charge < -0.3 is 9.80 Å². The van der Waals surface area contributed by atoms with Gasteiger partial charge in [-0.2, -0.15) is 0 Å². The highest BCUT2D eigenvalue weighted by Gasteiger charge is 2.19. The molecule has 0 saturated carbocycles. The lowest BCUT2D eigenvalue weighted by Gasteiger charge is -2.37. The molecular weight excluding hydrogens is 284 g/mol. The van der Waals surface area contributed by atoms with Gasteiger partial charge in [0.05, 0.1) is 0 Å². The van der Waals surface area contributed by atoms with E-state index in [-0.39, 0.29) is 0 Å². The van der Waals surface area contributed by atoms with E-state index in [4.69, 9.17) is 11.6 Å². The SMILES string of the molecule is Cc1ccc(C)c(N2CCN(c3ccc(Cl)nn3)CC2)c1. The monoisotopic (exact) mass is 302 g/mol. The topological polar surface area (TPSA) is 32.3 Å². The normalized spacial score (nSPS) is 15.4. The third-order valence-corrected chi connectivity index (χ3v) is 4.13. The summed E-state index contributed by atoms with van der Waals surface area (Å²) in [6.07, 6.45) is 0. The van der Waals surface area contributed by atoms with Crippen LogP contribution in [0.1, 0.15) is 11.1 Å². The van der Waals surface area contributed by atoms with Gasteiger partial charge in [0.1, 0.15) is 0 Å². The number of hydrogen-bond acceptors (Lipinski definition) is 4. The predicted octanol–water partition coefficient (Wildman–Crippen LogP) is 3.07. The van der Waals surface area contributed by atoms with Gasteiger partial charge in [0, 0.05) is 31.9 Å². The Morgan fingerprint density at radius 2 is 1.62 bits per heavy atom. The molecule has 0 N–H and O–H groups in total. The highest BCUT2D eigenvalue weighted by Crippen LogP contribution is 2.24. The van der Waals surface area contributed by atoms with E-state index >= 15 is 0 Å². The van der Waals surface area contributed by atoms with Crippen LogP contribution in [0.5, 0.6) is 0 Å². The maximum Gasteiger partial charge on any atom is 0.151 e. The Labute approximate surface area is 130 Å². The van der Waals surface area contributed by atoms with Gasteiger partial charge in [0.2, 0.25) is 0 Å². The summed E-state index contributed by atoms with van der Waals surface area (Å²) in [6, 6.07) is 10.4. The highest BCUT2D eigenvalue weighted by molar-refractivity contribution is 6.29. The fourth-order valence-corrected chi connectivity index (χ4v) is 2.81. The van der Waals surface area contributed by atoms with Crippen LogP contribution in [-0.2, 0) is 0 Å². The molecule has 1 aliphatic rings. The fraction of sp³-hybridized carbons (Fsp3) is 0.375. The first-order valence-corrected chi connectivity index (χ1v) is 7.58. The Bertz CT molecular complexity index is 619. The summed E-state index contributed by atoms with van der Waals surface area (Å²) < 4.78 is 0. The first-order valence-electron chi connectivity index (χ1n) is 7.20. The van der Waals surface area contributed by atoms with Crippen molar-refractivity contribution < 1.29 is 0 Å². The second-order valence-corrected chi connectivity index (χ2v) is 5.87. The quantitative estimate of drug-likeness (QED) is 0.853. The van der Waals surface area contributed by atoms with Crippen LogP contribution in [0.15, 0.2) is 30.3 Å². The Morgan fingerprint density at radius 1 is 0.905 bits per heavy atom. The molecule has 2 aromatic rings. The average Bonchev–Trinajstić information content (AvgIpc) is 2.51. The van der Waals surface area contributed by atoms with Crippen LogP contribution < -0.4 is 9.80 Å². The molecule has 2 heterocycles. The van der Waals surface area contributed by atoms with Gasteiger partial charge in [-0.25, -0.2) is 0 Å². The summed E-state index contributed by atoms with van der Waals surface area (Å²) in [4.78, 5) is 4.70. The molecule has 5 heteroatoms. The van der Waals surface area contributed by atoms with E-state index in [2.05, 4.69) is 52.0 Å². The molecule has 1 aromatic carbocycles. The molecule has 1 fully saturated rings. The van der Waals surface area contributed by atoms with Crippen molar-refractivity contribution in [2.45, 2.75) is 13.8 Å². The molecule has 0 spiro atoms. The first-order chi connectivity index (χ1) is 10.1. The lowest BCUT2D eigenvalue weighted by Crippen LogP contribution is -2.47. The van der Waals surface area contributed by atoms with Crippen molar-refractivity contribution in [2.75, 3.05) is 36.0 Å². The van der Waals surface area contributed by atoms with E-state index in [0.717, 1.165) is 32.0 Å². The molecular formula is C16H19ClN4. The molecule has 1 aromatic heterocycles. The van der Waals surface area contributed by atoms with Gasteiger partial charge in [-0.05, 0) is 43.2 Å². The van der Waals surface area contributed by atoms with Gasteiger partial charge in [-0.15, -0.1) is 10.2 Å². The van der Waals surface area contributed by atoms with Crippen LogP contribution >= 0.6 is 11.6 Å². The number of aromatic nitrogens is 2. The van der Waals surface area contributed by atoms with E-state index in [1.165, 1.54) is 16.8 Å². The third-order valence-electron chi connectivity index (χ3n) is 3.93. The zero-order valence-electron chi connectivity index (χ0n) is 12.4. The van der Waals surface area contributed by atoms with Gasteiger partial charge in [-0.1, -0.05) is 23.7 Å². The Hall–Kier alpha value is -1.81. The molecule has 4 nitrogen and oxygen atoms in total. The van der Waals surface area contributed by atoms with Crippen molar-refractivity contribution in [3.05, 3.63) is 46.6 Å². The summed E-state index contributed by atoms with van der Waals surface area (Å²) in [5.74, 6) is 0.903. The predicted molar refractivity (Wildman–Crippen MR) is 87.4 cm³/mol. The molecule has 110 valence electrons. The Kier molecular flexibility index (Phi) is 3.97. The molecule has 0 aliphatic carbocycles. The maximum atomic E-state index is 5.79. The number of hydrogen-bond donors (Lipinski definition) is 0. The van der Waals surface area contributed by atoms with Crippen molar-refractivity contribution in [3.8, 4) is 0 Å². The Morgan fingerprint density at radius 3 is 2.29 bits per heavy atom. The van der Waals surface area contributed by atoms with E-state index in [0.29, 0.717) is 5.15 Å². The number of piperazine rings is 1. The minimum absolute atomic E-state index is 0.438. The number of aryl methyl sites for hydroxylation is 2. The minimum atomic E-state index is 0.438. The van der Waals surface area contributed by atoms with Crippen LogP contribution in [0.2, 0.25) is 5.15 Å². The van der Waals surface area contributed by atoms with E-state index in [1.807, 2.05) is 6.07 Å². The van der Waals surface area contributed by atoms with Gasteiger partial charge in [0.25, 0.3) is 0 Å². The molecule has 3 rings (SSSR count).